The Bertz CT molecular complexity index is 394. The summed E-state index contributed by atoms with van der Waals surface area (Å²) in [4.78, 5) is 9.07. The van der Waals surface area contributed by atoms with Crippen LogP contribution in [0.2, 0.25) is 5.02 Å². The molecule has 0 aromatic carbocycles. The summed E-state index contributed by atoms with van der Waals surface area (Å²) in [6.45, 7) is 6.48. The van der Waals surface area contributed by atoms with Crippen LogP contribution in [0.25, 0.3) is 0 Å². The van der Waals surface area contributed by atoms with E-state index >= 15 is 0 Å². The fourth-order valence-corrected chi connectivity index (χ4v) is 2.64. The summed E-state index contributed by atoms with van der Waals surface area (Å²) in [6.07, 6.45) is 1.75. The Hall–Kier alpha value is -0.360. The molecule has 0 unspecified atom stereocenters. The zero-order valence-electron chi connectivity index (χ0n) is 10.5. The van der Waals surface area contributed by atoms with Crippen molar-refractivity contribution in [3.05, 3.63) is 21.8 Å². The molecule has 1 N–H and O–H groups in total. The molecule has 1 aromatic heterocycles. The number of rotatable bonds is 4. The maximum Gasteiger partial charge on any atom is 0.144 e. The largest absolute Gasteiger partial charge is 0.368 e. The second-order valence-corrected chi connectivity index (χ2v) is 5.88. The van der Waals surface area contributed by atoms with Crippen molar-refractivity contribution in [3.8, 4) is 0 Å². The molecule has 0 radical (unpaired) electrons. The van der Waals surface area contributed by atoms with E-state index in [0.717, 1.165) is 49.6 Å². The fourth-order valence-electron chi connectivity index (χ4n) is 1.95. The van der Waals surface area contributed by atoms with Crippen LogP contribution in [0.1, 0.15) is 0 Å². The van der Waals surface area contributed by atoms with Crippen molar-refractivity contribution < 1.29 is 0 Å². The minimum absolute atomic E-state index is 0.655. The summed E-state index contributed by atoms with van der Waals surface area (Å²) in [7, 11) is 2.17. The van der Waals surface area contributed by atoms with E-state index in [1.54, 1.807) is 6.20 Å². The van der Waals surface area contributed by atoms with Gasteiger partial charge in [-0.25, -0.2) is 4.98 Å². The van der Waals surface area contributed by atoms with E-state index in [1.807, 2.05) is 6.07 Å². The van der Waals surface area contributed by atoms with Gasteiger partial charge in [0, 0.05) is 49.9 Å². The molecule has 0 bridgehead atoms. The van der Waals surface area contributed by atoms with Gasteiger partial charge in [-0.1, -0.05) is 11.6 Å². The molecular formula is C12H18BrClN4. The maximum atomic E-state index is 6.09. The van der Waals surface area contributed by atoms with Crippen LogP contribution in [0.5, 0.6) is 0 Å². The lowest BCUT2D eigenvalue weighted by molar-refractivity contribution is 0.158. The zero-order valence-corrected chi connectivity index (χ0v) is 12.8. The molecule has 1 saturated heterocycles. The highest BCUT2D eigenvalue weighted by atomic mass is 79.9. The third kappa shape index (κ3) is 4.09. The topological polar surface area (TPSA) is 31.4 Å². The van der Waals surface area contributed by atoms with Gasteiger partial charge >= 0.3 is 0 Å². The van der Waals surface area contributed by atoms with Gasteiger partial charge in [0.05, 0.1) is 5.02 Å². The molecule has 100 valence electrons. The van der Waals surface area contributed by atoms with E-state index in [9.17, 15) is 0 Å². The van der Waals surface area contributed by atoms with E-state index in [4.69, 9.17) is 11.6 Å². The average molecular weight is 334 g/mol. The normalized spacial score (nSPS) is 17.9. The minimum atomic E-state index is 0.655. The third-order valence-electron chi connectivity index (χ3n) is 3.12. The van der Waals surface area contributed by atoms with E-state index < -0.39 is 0 Å². The summed E-state index contributed by atoms with van der Waals surface area (Å²) < 4.78 is 0.900. The highest BCUT2D eigenvalue weighted by Gasteiger charge is 2.13. The number of hydrogen-bond donors (Lipinski definition) is 1. The summed E-state index contributed by atoms with van der Waals surface area (Å²) in [5.74, 6) is 0.758. The van der Waals surface area contributed by atoms with Crippen molar-refractivity contribution in [1.82, 2.24) is 14.8 Å². The first-order valence-corrected chi connectivity index (χ1v) is 7.28. The Kier molecular flexibility index (Phi) is 5.24. The second-order valence-electron chi connectivity index (χ2n) is 4.56. The lowest BCUT2D eigenvalue weighted by Gasteiger charge is -2.32. The summed E-state index contributed by atoms with van der Waals surface area (Å²) in [5.41, 5.74) is 0. The Morgan fingerprint density at radius 1 is 1.39 bits per heavy atom. The molecule has 6 heteroatoms. The molecule has 2 rings (SSSR count). The predicted octanol–water partition coefficient (Wildman–Crippen LogP) is 2.16. The molecular weight excluding hydrogens is 316 g/mol. The fraction of sp³-hybridized carbons (Fsp3) is 0.583. The van der Waals surface area contributed by atoms with Gasteiger partial charge in [0.1, 0.15) is 5.82 Å². The number of pyridine rings is 1. The molecule has 4 nitrogen and oxygen atoms in total. The SMILES string of the molecule is CN1CCN(CCNc2ncc(Br)cc2Cl)CC1. The minimum Gasteiger partial charge on any atom is -0.368 e. The van der Waals surface area contributed by atoms with Crippen LogP contribution in [-0.2, 0) is 0 Å². The number of nitrogens with one attached hydrogen (secondary N) is 1. The summed E-state index contributed by atoms with van der Waals surface area (Å²) in [5, 5.41) is 3.93. The van der Waals surface area contributed by atoms with Crippen molar-refractivity contribution in [2.45, 2.75) is 0 Å². The molecule has 0 spiro atoms. The highest BCUT2D eigenvalue weighted by Crippen LogP contribution is 2.22. The van der Waals surface area contributed by atoms with Crippen molar-refractivity contribution in [2.24, 2.45) is 0 Å². The molecule has 1 aliphatic rings. The van der Waals surface area contributed by atoms with Gasteiger partial charge in [0.2, 0.25) is 0 Å². The van der Waals surface area contributed by atoms with Gasteiger partial charge in [-0.3, -0.25) is 4.90 Å². The standard InChI is InChI=1S/C12H18BrClN4/c1-17-4-6-18(7-5-17)3-2-15-12-11(14)8-10(13)9-16-12/h8-9H,2-7H2,1H3,(H,15,16). The van der Waals surface area contributed by atoms with Crippen LogP contribution in [0.3, 0.4) is 0 Å². The van der Waals surface area contributed by atoms with Gasteiger partial charge in [-0.15, -0.1) is 0 Å². The van der Waals surface area contributed by atoms with E-state index in [2.05, 4.69) is 43.1 Å². The molecule has 1 fully saturated rings. The molecule has 2 heterocycles. The quantitative estimate of drug-likeness (QED) is 0.915. The summed E-state index contributed by atoms with van der Waals surface area (Å²) >= 11 is 9.44. The molecule has 0 saturated carbocycles. The van der Waals surface area contributed by atoms with Crippen molar-refractivity contribution in [2.75, 3.05) is 51.6 Å². The van der Waals surface area contributed by atoms with Gasteiger partial charge in [0.15, 0.2) is 0 Å². The molecule has 0 aliphatic carbocycles. The smallest absolute Gasteiger partial charge is 0.144 e. The molecule has 18 heavy (non-hydrogen) atoms. The zero-order chi connectivity index (χ0) is 13.0. The summed E-state index contributed by atoms with van der Waals surface area (Å²) in [6, 6.07) is 1.85. The van der Waals surface area contributed by atoms with Crippen LogP contribution < -0.4 is 5.32 Å². The Morgan fingerprint density at radius 3 is 2.78 bits per heavy atom. The molecule has 0 atom stereocenters. The third-order valence-corrected chi connectivity index (χ3v) is 3.85. The van der Waals surface area contributed by atoms with Gasteiger partial charge in [0.25, 0.3) is 0 Å². The molecule has 0 amide bonds. The Morgan fingerprint density at radius 2 is 2.11 bits per heavy atom. The lowest BCUT2D eigenvalue weighted by atomic mass is 10.3. The second kappa shape index (κ2) is 6.70. The van der Waals surface area contributed by atoms with Gasteiger partial charge in [-0.2, -0.15) is 0 Å². The maximum absolute atomic E-state index is 6.09. The number of anilines is 1. The molecule has 1 aromatic rings. The first kappa shape index (κ1) is 14.1. The Balaban J connectivity index is 1.75. The number of piperazine rings is 1. The Labute approximate surface area is 121 Å². The van der Waals surface area contributed by atoms with Crippen LogP contribution in [0, 0.1) is 0 Å². The van der Waals surface area contributed by atoms with Crippen LogP contribution >= 0.6 is 27.5 Å². The monoisotopic (exact) mass is 332 g/mol. The lowest BCUT2D eigenvalue weighted by Crippen LogP contribution is -2.45. The van der Waals surface area contributed by atoms with E-state index in [1.165, 1.54) is 0 Å². The first-order chi connectivity index (χ1) is 8.65. The van der Waals surface area contributed by atoms with Crippen molar-refractivity contribution in [1.29, 1.82) is 0 Å². The number of hydrogen-bond acceptors (Lipinski definition) is 4. The average Bonchev–Trinajstić information content (AvgIpc) is 2.34. The van der Waals surface area contributed by atoms with Crippen LogP contribution in [0.15, 0.2) is 16.7 Å². The van der Waals surface area contributed by atoms with Crippen LogP contribution in [-0.4, -0.2) is 61.1 Å². The first-order valence-electron chi connectivity index (χ1n) is 6.11. The number of halogens is 2. The highest BCUT2D eigenvalue weighted by molar-refractivity contribution is 9.10. The van der Waals surface area contributed by atoms with Gasteiger partial charge in [-0.05, 0) is 29.0 Å². The number of likely N-dealkylation sites (N-methyl/N-ethyl adjacent to an activating group) is 1. The molecule has 1 aliphatic heterocycles. The van der Waals surface area contributed by atoms with Crippen LogP contribution in [0.4, 0.5) is 5.82 Å². The van der Waals surface area contributed by atoms with Crippen molar-refractivity contribution in [3.63, 3.8) is 0 Å². The predicted molar refractivity (Wildman–Crippen MR) is 79.4 cm³/mol. The number of aromatic nitrogens is 1. The van der Waals surface area contributed by atoms with E-state index in [-0.39, 0.29) is 0 Å². The number of nitrogens with zero attached hydrogens (tertiary/aromatic N) is 3. The van der Waals surface area contributed by atoms with E-state index in [0.29, 0.717) is 5.02 Å². The van der Waals surface area contributed by atoms with Gasteiger partial charge < -0.3 is 10.2 Å². The van der Waals surface area contributed by atoms with Crippen molar-refractivity contribution >= 4 is 33.3 Å².